The fourth-order valence-corrected chi connectivity index (χ4v) is 2.93. The van der Waals surface area contributed by atoms with Crippen molar-refractivity contribution >= 4 is 5.91 Å². The molecular formula is C22H21N5O. The van der Waals surface area contributed by atoms with Gasteiger partial charge in [0.1, 0.15) is 0 Å². The van der Waals surface area contributed by atoms with Gasteiger partial charge in [-0.15, -0.1) is 0 Å². The summed E-state index contributed by atoms with van der Waals surface area (Å²) in [6.45, 7) is 0.467. The number of amides is 1. The summed E-state index contributed by atoms with van der Waals surface area (Å²) >= 11 is 0. The normalized spacial score (nSPS) is 10.7. The summed E-state index contributed by atoms with van der Waals surface area (Å²) in [5.74, 6) is 0.0138. The van der Waals surface area contributed by atoms with Gasteiger partial charge in [0.15, 0.2) is 0 Å². The lowest BCUT2D eigenvalue weighted by Gasteiger charge is -2.03. The Kier molecular flexibility index (Phi) is 5.29. The predicted molar refractivity (Wildman–Crippen MR) is 107 cm³/mol. The molecule has 2 heterocycles. The van der Waals surface area contributed by atoms with Gasteiger partial charge in [0, 0.05) is 30.9 Å². The summed E-state index contributed by atoms with van der Waals surface area (Å²) in [5.41, 5.74) is 4.01. The Labute approximate surface area is 163 Å². The van der Waals surface area contributed by atoms with Gasteiger partial charge in [-0.25, -0.2) is 9.36 Å². The summed E-state index contributed by atoms with van der Waals surface area (Å²) in [5, 5.41) is 11.7. The third-order valence-corrected chi connectivity index (χ3v) is 4.44. The van der Waals surface area contributed by atoms with E-state index in [-0.39, 0.29) is 5.91 Å². The molecule has 4 rings (SSSR count). The number of carbonyl (C=O) groups is 1. The van der Waals surface area contributed by atoms with Crippen LogP contribution in [-0.4, -0.2) is 25.5 Å². The Morgan fingerprint density at radius 3 is 1.93 bits per heavy atom. The van der Waals surface area contributed by atoms with Gasteiger partial charge in [-0.05, 0) is 36.2 Å². The van der Waals surface area contributed by atoms with Crippen molar-refractivity contribution in [1.82, 2.24) is 24.9 Å². The SMILES string of the molecule is O=C(CCc1cnn(-c2ccccc2)c1)NCc1cnn(-c2ccccc2)c1. The van der Waals surface area contributed by atoms with Gasteiger partial charge in [0.2, 0.25) is 5.91 Å². The summed E-state index contributed by atoms with van der Waals surface area (Å²) in [6, 6.07) is 19.8. The lowest BCUT2D eigenvalue weighted by Crippen LogP contribution is -2.22. The maximum atomic E-state index is 12.2. The zero-order chi connectivity index (χ0) is 19.2. The molecule has 6 heteroatoms. The maximum absolute atomic E-state index is 12.2. The van der Waals surface area contributed by atoms with Crippen molar-refractivity contribution in [3.63, 3.8) is 0 Å². The van der Waals surface area contributed by atoms with Crippen LogP contribution >= 0.6 is 0 Å². The highest BCUT2D eigenvalue weighted by Crippen LogP contribution is 2.10. The molecule has 0 aliphatic carbocycles. The first kappa shape index (κ1) is 17.7. The second-order valence-electron chi connectivity index (χ2n) is 6.53. The van der Waals surface area contributed by atoms with Crippen LogP contribution in [0, 0.1) is 0 Å². The fourth-order valence-electron chi connectivity index (χ4n) is 2.93. The molecule has 0 unspecified atom stereocenters. The fraction of sp³-hybridized carbons (Fsp3) is 0.136. The molecule has 0 saturated carbocycles. The molecule has 0 fully saturated rings. The van der Waals surface area contributed by atoms with E-state index in [0.717, 1.165) is 22.5 Å². The Balaban J connectivity index is 1.26. The van der Waals surface area contributed by atoms with E-state index in [9.17, 15) is 4.79 Å². The minimum Gasteiger partial charge on any atom is -0.352 e. The van der Waals surface area contributed by atoms with Crippen LogP contribution in [0.3, 0.4) is 0 Å². The smallest absolute Gasteiger partial charge is 0.220 e. The number of carbonyl (C=O) groups excluding carboxylic acids is 1. The monoisotopic (exact) mass is 371 g/mol. The number of aromatic nitrogens is 4. The predicted octanol–water partition coefficient (Wildman–Crippen LogP) is 3.31. The molecule has 0 radical (unpaired) electrons. The largest absolute Gasteiger partial charge is 0.352 e. The number of nitrogens with zero attached hydrogens (tertiary/aromatic N) is 4. The topological polar surface area (TPSA) is 64.7 Å². The van der Waals surface area contributed by atoms with Gasteiger partial charge in [-0.2, -0.15) is 10.2 Å². The van der Waals surface area contributed by atoms with Crippen LogP contribution in [0.2, 0.25) is 0 Å². The Morgan fingerprint density at radius 1 is 0.786 bits per heavy atom. The van der Waals surface area contributed by atoms with Gasteiger partial charge < -0.3 is 5.32 Å². The van der Waals surface area contributed by atoms with Crippen LogP contribution in [0.15, 0.2) is 85.5 Å². The highest BCUT2D eigenvalue weighted by Gasteiger charge is 2.07. The lowest BCUT2D eigenvalue weighted by molar-refractivity contribution is -0.121. The van der Waals surface area contributed by atoms with Crippen molar-refractivity contribution in [2.75, 3.05) is 0 Å². The first-order chi connectivity index (χ1) is 13.8. The zero-order valence-corrected chi connectivity index (χ0v) is 15.4. The number of hydrogen-bond acceptors (Lipinski definition) is 3. The second-order valence-corrected chi connectivity index (χ2v) is 6.53. The Bertz CT molecular complexity index is 953. The van der Waals surface area contributed by atoms with Gasteiger partial charge >= 0.3 is 0 Å². The summed E-state index contributed by atoms with van der Waals surface area (Å²) in [7, 11) is 0. The standard InChI is InChI=1S/C22H21N5O/c28-22(12-11-18-14-24-26(16-18)20-7-3-1-4-8-20)23-13-19-15-25-27(17-19)21-9-5-2-6-10-21/h1-10,14-17H,11-13H2,(H,23,28). The van der Waals surface area contributed by atoms with Crippen molar-refractivity contribution in [3.8, 4) is 11.4 Å². The molecular weight excluding hydrogens is 350 g/mol. The molecule has 2 aromatic carbocycles. The molecule has 1 amide bonds. The van der Waals surface area contributed by atoms with Gasteiger partial charge in [0.05, 0.1) is 23.8 Å². The summed E-state index contributed by atoms with van der Waals surface area (Å²) < 4.78 is 3.63. The molecule has 0 atom stereocenters. The van der Waals surface area contributed by atoms with Gasteiger partial charge in [-0.3, -0.25) is 4.79 Å². The first-order valence-electron chi connectivity index (χ1n) is 9.22. The second kappa shape index (κ2) is 8.35. The minimum absolute atomic E-state index is 0.0138. The average molecular weight is 371 g/mol. The van der Waals surface area contributed by atoms with Crippen LogP contribution in [0.25, 0.3) is 11.4 Å². The van der Waals surface area contributed by atoms with Crippen molar-refractivity contribution in [3.05, 3.63) is 96.6 Å². The van der Waals surface area contributed by atoms with Gasteiger partial charge in [-0.1, -0.05) is 36.4 Å². The summed E-state index contributed by atoms with van der Waals surface area (Å²) in [4.78, 5) is 12.2. The van der Waals surface area contributed by atoms with Crippen LogP contribution in [-0.2, 0) is 17.8 Å². The van der Waals surface area contributed by atoms with Crippen molar-refractivity contribution < 1.29 is 4.79 Å². The molecule has 28 heavy (non-hydrogen) atoms. The zero-order valence-electron chi connectivity index (χ0n) is 15.4. The van der Waals surface area contributed by atoms with Crippen molar-refractivity contribution in [2.45, 2.75) is 19.4 Å². The molecule has 0 aliphatic heterocycles. The molecule has 6 nitrogen and oxygen atoms in total. The molecule has 1 N–H and O–H groups in total. The van der Waals surface area contributed by atoms with Crippen LogP contribution in [0.4, 0.5) is 0 Å². The van der Waals surface area contributed by atoms with E-state index >= 15 is 0 Å². The number of benzene rings is 2. The quantitative estimate of drug-likeness (QED) is 0.542. The highest BCUT2D eigenvalue weighted by molar-refractivity contribution is 5.76. The van der Waals surface area contributed by atoms with Crippen molar-refractivity contribution in [2.24, 2.45) is 0 Å². The summed E-state index contributed by atoms with van der Waals surface area (Å²) in [6.07, 6.45) is 8.56. The van der Waals surface area contributed by atoms with E-state index in [0.29, 0.717) is 19.4 Å². The van der Waals surface area contributed by atoms with E-state index in [4.69, 9.17) is 0 Å². The van der Waals surface area contributed by atoms with E-state index in [1.807, 2.05) is 83.9 Å². The molecule has 4 aromatic rings. The number of nitrogens with one attached hydrogen (secondary N) is 1. The third-order valence-electron chi connectivity index (χ3n) is 4.44. The van der Waals surface area contributed by atoms with E-state index in [2.05, 4.69) is 15.5 Å². The first-order valence-corrected chi connectivity index (χ1v) is 9.22. The number of hydrogen-bond donors (Lipinski definition) is 1. The molecule has 0 aliphatic rings. The molecule has 140 valence electrons. The maximum Gasteiger partial charge on any atom is 0.220 e. The Hall–Kier alpha value is -3.67. The van der Waals surface area contributed by atoms with Gasteiger partial charge in [0.25, 0.3) is 0 Å². The molecule has 0 spiro atoms. The lowest BCUT2D eigenvalue weighted by atomic mass is 10.2. The van der Waals surface area contributed by atoms with E-state index in [1.54, 1.807) is 10.9 Å². The number of aryl methyl sites for hydroxylation is 1. The minimum atomic E-state index is 0.0138. The number of rotatable bonds is 7. The highest BCUT2D eigenvalue weighted by atomic mass is 16.1. The number of para-hydroxylation sites is 2. The van der Waals surface area contributed by atoms with E-state index in [1.165, 1.54) is 0 Å². The van der Waals surface area contributed by atoms with Crippen LogP contribution < -0.4 is 5.32 Å². The third kappa shape index (κ3) is 4.35. The van der Waals surface area contributed by atoms with Crippen LogP contribution in [0.1, 0.15) is 17.5 Å². The molecule has 2 aromatic heterocycles. The molecule has 0 bridgehead atoms. The van der Waals surface area contributed by atoms with Crippen molar-refractivity contribution in [1.29, 1.82) is 0 Å². The average Bonchev–Trinajstić information content (AvgIpc) is 3.42. The molecule has 0 saturated heterocycles. The Morgan fingerprint density at radius 2 is 1.32 bits per heavy atom. The van der Waals surface area contributed by atoms with Crippen LogP contribution in [0.5, 0.6) is 0 Å². The van der Waals surface area contributed by atoms with E-state index < -0.39 is 0 Å².